The molecule has 0 aliphatic heterocycles. The topological polar surface area (TPSA) is 73.0 Å². The summed E-state index contributed by atoms with van der Waals surface area (Å²) in [5.74, 6) is 0.325. The van der Waals surface area contributed by atoms with Gasteiger partial charge in [0.1, 0.15) is 0 Å². The number of nitrogens with one attached hydrogen (secondary N) is 1. The van der Waals surface area contributed by atoms with Crippen LogP contribution in [0.3, 0.4) is 0 Å². The van der Waals surface area contributed by atoms with Gasteiger partial charge in [-0.05, 0) is 27.2 Å². The van der Waals surface area contributed by atoms with Crippen LogP contribution in [0, 0.1) is 20.8 Å². The van der Waals surface area contributed by atoms with E-state index in [0.29, 0.717) is 23.9 Å². The molecule has 3 aromatic rings. The monoisotopic (exact) mass is 372 g/mol. The molecule has 0 aliphatic rings. The summed E-state index contributed by atoms with van der Waals surface area (Å²) in [6, 6.07) is 9.51. The summed E-state index contributed by atoms with van der Waals surface area (Å²) in [4.78, 5) is 12.2. The van der Waals surface area contributed by atoms with Crippen molar-refractivity contribution in [2.45, 2.75) is 33.7 Å². The lowest BCUT2D eigenvalue weighted by Gasteiger charge is -2.05. The zero-order valence-electron chi connectivity index (χ0n) is 15.0. The van der Waals surface area contributed by atoms with Gasteiger partial charge in [0.15, 0.2) is 11.5 Å². The largest absolute Gasteiger partial charge is 0.355 e. The highest BCUT2D eigenvalue weighted by Gasteiger charge is 2.13. The number of aryl methyl sites for hydroxylation is 3. The third kappa shape index (κ3) is 3.96. The molecule has 0 radical (unpaired) electrons. The molecule has 0 spiro atoms. The fraction of sp³-hybridized carbons (Fsp3) is 0.316. The Kier molecular flexibility index (Phi) is 5.42. The number of halogens is 1. The number of hydrogen-bond donors (Lipinski definition) is 1. The van der Waals surface area contributed by atoms with E-state index in [2.05, 4.69) is 15.6 Å². The van der Waals surface area contributed by atoms with Crippen molar-refractivity contribution in [1.82, 2.24) is 20.3 Å². The third-order valence-electron chi connectivity index (χ3n) is 4.20. The van der Waals surface area contributed by atoms with Gasteiger partial charge in [-0.15, -0.1) is 0 Å². The van der Waals surface area contributed by atoms with Crippen LogP contribution in [0.1, 0.15) is 33.9 Å². The van der Waals surface area contributed by atoms with Crippen LogP contribution >= 0.6 is 11.6 Å². The maximum absolute atomic E-state index is 12.2. The van der Waals surface area contributed by atoms with Gasteiger partial charge in [0.2, 0.25) is 0 Å². The van der Waals surface area contributed by atoms with Crippen molar-refractivity contribution in [3.05, 3.63) is 58.0 Å². The Morgan fingerprint density at radius 1 is 1.23 bits per heavy atom. The molecule has 7 heteroatoms. The van der Waals surface area contributed by atoms with Gasteiger partial charge in [-0.25, -0.2) is 0 Å². The number of amides is 1. The minimum absolute atomic E-state index is 0.251. The Hall–Kier alpha value is -2.60. The van der Waals surface area contributed by atoms with E-state index >= 15 is 0 Å². The summed E-state index contributed by atoms with van der Waals surface area (Å²) in [6.45, 7) is 7.03. The number of aromatic nitrogens is 3. The van der Waals surface area contributed by atoms with Crippen LogP contribution in [0.25, 0.3) is 11.3 Å². The van der Waals surface area contributed by atoms with Crippen LogP contribution in [0.2, 0.25) is 5.02 Å². The first-order chi connectivity index (χ1) is 12.5. The van der Waals surface area contributed by atoms with Gasteiger partial charge in [0, 0.05) is 24.7 Å². The molecule has 0 bridgehead atoms. The summed E-state index contributed by atoms with van der Waals surface area (Å²) in [5, 5.41) is 11.8. The van der Waals surface area contributed by atoms with E-state index < -0.39 is 0 Å². The molecule has 0 saturated carbocycles. The number of hydrogen-bond acceptors (Lipinski definition) is 4. The third-order valence-corrected chi connectivity index (χ3v) is 4.75. The van der Waals surface area contributed by atoms with Gasteiger partial charge in [0.05, 0.1) is 16.4 Å². The number of carbonyl (C=O) groups is 1. The average Bonchev–Trinajstić information content (AvgIpc) is 3.21. The summed E-state index contributed by atoms with van der Waals surface area (Å²) in [5.41, 5.74) is 4.09. The maximum atomic E-state index is 12.2. The standard InChI is InChI=1S/C19H21ClN4O2/c1-12-5-7-15(8-6-12)17-11-16(23-26-17)19(25)21-9-4-10-24-14(3)18(20)13(2)22-24/h5-8,11H,4,9-10H2,1-3H3,(H,21,25). The molecule has 1 aromatic carbocycles. The number of carbonyl (C=O) groups excluding carboxylic acids is 1. The summed E-state index contributed by atoms with van der Waals surface area (Å²) in [7, 11) is 0. The van der Waals surface area contributed by atoms with E-state index in [1.807, 2.05) is 49.7 Å². The quantitative estimate of drug-likeness (QED) is 0.665. The Balaban J connectivity index is 1.52. The van der Waals surface area contributed by atoms with Gasteiger partial charge >= 0.3 is 0 Å². The second kappa shape index (κ2) is 7.74. The van der Waals surface area contributed by atoms with Crippen molar-refractivity contribution in [3.63, 3.8) is 0 Å². The summed E-state index contributed by atoms with van der Waals surface area (Å²) >= 11 is 6.13. The number of nitrogens with zero attached hydrogens (tertiary/aromatic N) is 3. The number of rotatable bonds is 6. The maximum Gasteiger partial charge on any atom is 0.273 e. The zero-order valence-corrected chi connectivity index (χ0v) is 15.8. The average molecular weight is 373 g/mol. The zero-order chi connectivity index (χ0) is 18.7. The van der Waals surface area contributed by atoms with Gasteiger partial charge in [-0.2, -0.15) is 5.10 Å². The van der Waals surface area contributed by atoms with Crippen LogP contribution in [-0.4, -0.2) is 27.4 Å². The molecule has 136 valence electrons. The first-order valence-electron chi connectivity index (χ1n) is 8.47. The summed E-state index contributed by atoms with van der Waals surface area (Å²) in [6.07, 6.45) is 0.743. The molecule has 2 aromatic heterocycles. The van der Waals surface area contributed by atoms with E-state index in [1.165, 1.54) is 0 Å². The molecular formula is C19H21ClN4O2. The van der Waals surface area contributed by atoms with E-state index in [1.54, 1.807) is 6.07 Å². The van der Waals surface area contributed by atoms with Crippen molar-refractivity contribution in [3.8, 4) is 11.3 Å². The van der Waals surface area contributed by atoms with E-state index in [9.17, 15) is 4.79 Å². The molecule has 3 rings (SSSR count). The van der Waals surface area contributed by atoms with E-state index in [4.69, 9.17) is 16.1 Å². The molecule has 6 nitrogen and oxygen atoms in total. The van der Waals surface area contributed by atoms with Crippen molar-refractivity contribution < 1.29 is 9.32 Å². The van der Waals surface area contributed by atoms with Gasteiger partial charge in [-0.1, -0.05) is 46.6 Å². The molecule has 1 N–H and O–H groups in total. The lowest BCUT2D eigenvalue weighted by Crippen LogP contribution is -2.25. The first-order valence-corrected chi connectivity index (χ1v) is 8.85. The van der Waals surface area contributed by atoms with Crippen molar-refractivity contribution in [2.75, 3.05) is 6.54 Å². The second-order valence-electron chi connectivity index (χ2n) is 6.26. The van der Waals surface area contributed by atoms with Crippen LogP contribution in [0.15, 0.2) is 34.9 Å². The van der Waals surface area contributed by atoms with Crippen molar-refractivity contribution in [2.24, 2.45) is 0 Å². The lowest BCUT2D eigenvalue weighted by molar-refractivity contribution is 0.0943. The normalized spacial score (nSPS) is 10.9. The Morgan fingerprint density at radius 3 is 2.62 bits per heavy atom. The van der Waals surface area contributed by atoms with Crippen molar-refractivity contribution >= 4 is 17.5 Å². The highest BCUT2D eigenvalue weighted by Crippen LogP contribution is 2.21. The highest BCUT2D eigenvalue weighted by molar-refractivity contribution is 6.31. The molecule has 0 aliphatic carbocycles. The molecule has 0 saturated heterocycles. The smallest absolute Gasteiger partial charge is 0.273 e. The Morgan fingerprint density at radius 2 is 1.96 bits per heavy atom. The van der Waals surface area contributed by atoms with Crippen LogP contribution in [0.4, 0.5) is 0 Å². The predicted molar refractivity (Wildman–Crippen MR) is 100 cm³/mol. The molecule has 0 atom stereocenters. The van der Waals surface area contributed by atoms with E-state index in [0.717, 1.165) is 28.9 Å². The van der Waals surface area contributed by atoms with Crippen LogP contribution in [-0.2, 0) is 6.54 Å². The molecule has 26 heavy (non-hydrogen) atoms. The predicted octanol–water partition coefficient (Wildman–Crippen LogP) is 3.94. The summed E-state index contributed by atoms with van der Waals surface area (Å²) < 4.78 is 7.14. The highest BCUT2D eigenvalue weighted by atomic mass is 35.5. The molecule has 0 fully saturated rings. The molecule has 1 amide bonds. The van der Waals surface area contributed by atoms with Gasteiger partial charge in [-0.3, -0.25) is 9.48 Å². The van der Waals surface area contributed by atoms with Gasteiger partial charge in [0.25, 0.3) is 5.91 Å². The molecule has 2 heterocycles. The fourth-order valence-corrected chi connectivity index (χ4v) is 2.79. The van der Waals surface area contributed by atoms with Crippen LogP contribution < -0.4 is 5.32 Å². The minimum atomic E-state index is -0.251. The fourth-order valence-electron chi connectivity index (χ4n) is 2.65. The first kappa shape index (κ1) is 18.2. The number of benzene rings is 1. The van der Waals surface area contributed by atoms with Gasteiger partial charge < -0.3 is 9.84 Å². The van der Waals surface area contributed by atoms with E-state index in [-0.39, 0.29) is 11.6 Å². The SMILES string of the molecule is Cc1ccc(-c2cc(C(=O)NCCCn3nc(C)c(Cl)c3C)no2)cc1. The molecular weight excluding hydrogens is 352 g/mol. The second-order valence-corrected chi connectivity index (χ2v) is 6.64. The minimum Gasteiger partial charge on any atom is -0.355 e. The Labute approximate surface area is 157 Å². The lowest BCUT2D eigenvalue weighted by atomic mass is 10.1. The molecule has 0 unspecified atom stereocenters. The van der Waals surface area contributed by atoms with Crippen molar-refractivity contribution in [1.29, 1.82) is 0 Å². The Bertz CT molecular complexity index is 912. The van der Waals surface area contributed by atoms with Crippen LogP contribution in [0.5, 0.6) is 0 Å².